The molecule has 0 saturated heterocycles. The van der Waals surface area contributed by atoms with Crippen LogP contribution >= 0.6 is 0 Å². The van der Waals surface area contributed by atoms with Crippen molar-refractivity contribution >= 4 is 18.0 Å². The fourth-order valence-corrected chi connectivity index (χ4v) is 2.51. The Morgan fingerprint density at radius 3 is 2.56 bits per heavy atom. The normalized spacial score (nSPS) is 10.6. The van der Waals surface area contributed by atoms with E-state index in [0.29, 0.717) is 29.8 Å². The van der Waals surface area contributed by atoms with Crippen molar-refractivity contribution < 1.29 is 13.9 Å². The molecule has 1 aromatic heterocycles. The molecule has 0 bridgehead atoms. The zero-order valence-electron chi connectivity index (χ0n) is 15.1. The fraction of sp³-hybridized carbons (Fsp3) is 0.143. The van der Waals surface area contributed by atoms with E-state index in [-0.39, 0.29) is 5.69 Å². The van der Waals surface area contributed by atoms with Crippen molar-refractivity contribution in [2.45, 2.75) is 6.54 Å². The number of hydrogen-bond donors (Lipinski definition) is 1. The molecule has 2 aromatic carbocycles. The van der Waals surface area contributed by atoms with E-state index in [4.69, 9.17) is 13.9 Å². The highest BCUT2D eigenvalue weighted by Gasteiger charge is 2.11. The third-order valence-corrected chi connectivity index (χ3v) is 3.87. The summed E-state index contributed by atoms with van der Waals surface area (Å²) in [6.07, 6.45) is 3.53. The number of nitriles is 1. The van der Waals surface area contributed by atoms with Crippen molar-refractivity contribution in [1.82, 2.24) is 4.98 Å². The van der Waals surface area contributed by atoms with Gasteiger partial charge in [0, 0.05) is 12.6 Å². The van der Waals surface area contributed by atoms with Crippen molar-refractivity contribution in [2.75, 3.05) is 19.5 Å². The average Bonchev–Trinajstić information content (AvgIpc) is 3.13. The van der Waals surface area contributed by atoms with Gasteiger partial charge in [0.15, 0.2) is 11.5 Å². The molecule has 3 aromatic rings. The lowest BCUT2D eigenvalue weighted by molar-refractivity contribution is 0.355. The van der Waals surface area contributed by atoms with Gasteiger partial charge in [-0.1, -0.05) is 36.4 Å². The van der Waals surface area contributed by atoms with Crippen molar-refractivity contribution in [3.05, 3.63) is 71.2 Å². The van der Waals surface area contributed by atoms with E-state index in [1.54, 1.807) is 20.3 Å². The van der Waals surface area contributed by atoms with Crippen LogP contribution in [0.3, 0.4) is 0 Å². The van der Waals surface area contributed by atoms with Gasteiger partial charge in [-0.3, -0.25) is 0 Å². The summed E-state index contributed by atoms with van der Waals surface area (Å²) in [6.45, 7) is 0.545. The molecule has 0 atom stereocenters. The standard InChI is InChI=1S/C21H19N3O3/c1-25-18-10-8-15(12-19(18)26-2)9-11-20-24-17(13-22)21(27-20)23-14-16-6-4-3-5-7-16/h3-12,23H,14H2,1-2H3/b11-9+. The lowest BCUT2D eigenvalue weighted by Crippen LogP contribution is -1.99. The molecule has 27 heavy (non-hydrogen) atoms. The van der Waals surface area contributed by atoms with Gasteiger partial charge in [0.05, 0.1) is 14.2 Å². The molecule has 1 N–H and O–H groups in total. The van der Waals surface area contributed by atoms with Gasteiger partial charge in [-0.05, 0) is 29.3 Å². The first-order valence-electron chi connectivity index (χ1n) is 8.32. The van der Waals surface area contributed by atoms with E-state index in [1.807, 2.05) is 60.7 Å². The van der Waals surface area contributed by atoms with E-state index >= 15 is 0 Å². The number of ether oxygens (including phenoxy) is 2. The third-order valence-electron chi connectivity index (χ3n) is 3.87. The lowest BCUT2D eigenvalue weighted by Gasteiger charge is -2.07. The Hall–Kier alpha value is -3.72. The van der Waals surface area contributed by atoms with Crippen LogP contribution in [-0.2, 0) is 6.54 Å². The van der Waals surface area contributed by atoms with Gasteiger partial charge in [-0.25, -0.2) is 0 Å². The van der Waals surface area contributed by atoms with Crippen LogP contribution in [0.2, 0.25) is 0 Å². The second kappa shape index (κ2) is 8.59. The van der Waals surface area contributed by atoms with Crippen molar-refractivity contribution in [1.29, 1.82) is 5.26 Å². The van der Waals surface area contributed by atoms with Gasteiger partial charge in [0.1, 0.15) is 6.07 Å². The summed E-state index contributed by atoms with van der Waals surface area (Å²) < 4.78 is 16.2. The van der Waals surface area contributed by atoms with Crippen LogP contribution in [0, 0.1) is 11.3 Å². The summed E-state index contributed by atoms with van der Waals surface area (Å²) >= 11 is 0. The monoisotopic (exact) mass is 361 g/mol. The van der Waals surface area contributed by atoms with Gasteiger partial charge < -0.3 is 19.2 Å². The molecular weight excluding hydrogens is 342 g/mol. The average molecular weight is 361 g/mol. The Balaban J connectivity index is 1.75. The predicted octanol–water partition coefficient (Wildman–Crippen LogP) is 4.35. The van der Waals surface area contributed by atoms with Gasteiger partial charge in [0.2, 0.25) is 17.5 Å². The molecule has 0 fully saturated rings. The highest BCUT2D eigenvalue weighted by Crippen LogP contribution is 2.28. The fourth-order valence-electron chi connectivity index (χ4n) is 2.51. The molecule has 0 unspecified atom stereocenters. The number of anilines is 1. The molecule has 1 heterocycles. The van der Waals surface area contributed by atoms with Crippen LogP contribution < -0.4 is 14.8 Å². The molecule has 6 nitrogen and oxygen atoms in total. The Morgan fingerprint density at radius 2 is 1.85 bits per heavy atom. The van der Waals surface area contributed by atoms with E-state index in [0.717, 1.165) is 11.1 Å². The van der Waals surface area contributed by atoms with Crippen molar-refractivity contribution in [2.24, 2.45) is 0 Å². The van der Waals surface area contributed by atoms with Crippen LogP contribution in [0.5, 0.6) is 11.5 Å². The Morgan fingerprint density at radius 1 is 1.07 bits per heavy atom. The number of rotatable bonds is 7. The molecule has 0 aliphatic carbocycles. The smallest absolute Gasteiger partial charge is 0.232 e. The summed E-state index contributed by atoms with van der Waals surface area (Å²) in [7, 11) is 3.18. The largest absolute Gasteiger partial charge is 0.493 e. The Kier molecular flexibility index (Phi) is 5.75. The maximum absolute atomic E-state index is 9.27. The first kappa shape index (κ1) is 18.1. The van der Waals surface area contributed by atoms with Gasteiger partial charge in [-0.2, -0.15) is 10.2 Å². The SMILES string of the molecule is COc1ccc(/C=C/c2nc(C#N)c(NCc3ccccc3)o2)cc1OC. The zero-order chi connectivity index (χ0) is 19.1. The zero-order valence-corrected chi connectivity index (χ0v) is 15.1. The molecule has 136 valence electrons. The number of oxazole rings is 1. The molecular formula is C21H19N3O3. The molecule has 0 aliphatic rings. The minimum Gasteiger partial charge on any atom is -0.493 e. The first-order valence-corrected chi connectivity index (χ1v) is 8.32. The number of nitrogens with zero attached hydrogens (tertiary/aromatic N) is 2. The van der Waals surface area contributed by atoms with Crippen LogP contribution in [0.4, 0.5) is 5.88 Å². The topological polar surface area (TPSA) is 80.3 Å². The number of nitrogens with one attached hydrogen (secondary N) is 1. The number of methoxy groups -OCH3 is 2. The maximum atomic E-state index is 9.27. The summed E-state index contributed by atoms with van der Waals surface area (Å²) in [5, 5.41) is 12.4. The van der Waals surface area contributed by atoms with E-state index in [1.165, 1.54) is 0 Å². The lowest BCUT2D eigenvalue weighted by atomic mass is 10.2. The Bertz CT molecular complexity index is 972. The maximum Gasteiger partial charge on any atom is 0.232 e. The highest BCUT2D eigenvalue weighted by molar-refractivity contribution is 5.68. The molecule has 0 amide bonds. The van der Waals surface area contributed by atoms with E-state index in [2.05, 4.69) is 10.3 Å². The molecule has 0 aliphatic heterocycles. The minimum atomic E-state index is 0.220. The summed E-state index contributed by atoms with van der Waals surface area (Å²) in [5.74, 6) is 1.99. The van der Waals surface area contributed by atoms with E-state index < -0.39 is 0 Å². The minimum absolute atomic E-state index is 0.220. The van der Waals surface area contributed by atoms with Gasteiger partial charge in [-0.15, -0.1) is 0 Å². The number of aromatic nitrogens is 1. The van der Waals surface area contributed by atoms with Crippen molar-refractivity contribution in [3.63, 3.8) is 0 Å². The van der Waals surface area contributed by atoms with E-state index in [9.17, 15) is 5.26 Å². The molecule has 0 saturated carbocycles. The Labute approximate surface area is 157 Å². The van der Waals surface area contributed by atoms with Gasteiger partial charge >= 0.3 is 0 Å². The second-order valence-corrected chi connectivity index (χ2v) is 5.63. The summed E-state index contributed by atoms with van der Waals surface area (Å²) in [5.41, 5.74) is 2.20. The van der Waals surface area contributed by atoms with Crippen LogP contribution in [0.25, 0.3) is 12.2 Å². The molecule has 3 rings (SSSR count). The quantitative estimate of drug-likeness (QED) is 0.674. The molecule has 6 heteroatoms. The number of benzene rings is 2. The van der Waals surface area contributed by atoms with Gasteiger partial charge in [0.25, 0.3) is 0 Å². The first-order chi connectivity index (χ1) is 13.2. The highest BCUT2D eigenvalue weighted by atomic mass is 16.5. The predicted molar refractivity (Wildman–Crippen MR) is 103 cm³/mol. The van der Waals surface area contributed by atoms with Crippen molar-refractivity contribution in [3.8, 4) is 17.6 Å². The summed E-state index contributed by atoms with van der Waals surface area (Å²) in [4.78, 5) is 4.20. The van der Waals surface area contributed by atoms with Crippen LogP contribution in [0.15, 0.2) is 52.9 Å². The van der Waals surface area contributed by atoms with Crippen LogP contribution in [0.1, 0.15) is 22.7 Å². The second-order valence-electron chi connectivity index (χ2n) is 5.63. The number of hydrogen-bond acceptors (Lipinski definition) is 6. The molecule has 0 radical (unpaired) electrons. The third kappa shape index (κ3) is 4.47. The van der Waals surface area contributed by atoms with Crippen LogP contribution in [-0.4, -0.2) is 19.2 Å². The summed E-state index contributed by atoms with van der Waals surface area (Å²) in [6, 6.07) is 17.5. The molecule has 0 spiro atoms.